The predicted molar refractivity (Wildman–Crippen MR) is 87.6 cm³/mol. The number of amides is 1. The molecule has 0 radical (unpaired) electrons. The second kappa shape index (κ2) is 8.52. The van der Waals surface area contributed by atoms with Gasteiger partial charge in [0.05, 0.1) is 12.8 Å². The van der Waals surface area contributed by atoms with Gasteiger partial charge in [-0.15, -0.1) is 0 Å². The van der Waals surface area contributed by atoms with Crippen molar-refractivity contribution in [1.82, 2.24) is 4.90 Å². The average Bonchev–Trinajstić information content (AvgIpc) is 2.39. The van der Waals surface area contributed by atoms with Crippen LogP contribution in [0.4, 0.5) is 11.4 Å². The lowest BCUT2D eigenvalue weighted by Gasteiger charge is -2.18. The number of hydrogen-bond acceptors (Lipinski definition) is 4. The number of ether oxygens (including phenoxy) is 1. The zero-order valence-corrected chi connectivity index (χ0v) is 13.5. The summed E-state index contributed by atoms with van der Waals surface area (Å²) in [5.41, 5.74) is 6.96. The monoisotopic (exact) mass is 293 g/mol. The van der Waals surface area contributed by atoms with Crippen LogP contribution < -0.4 is 15.8 Å². The second-order valence-electron chi connectivity index (χ2n) is 5.77. The molecule has 0 aromatic heterocycles. The fourth-order valence-electron chi connectivity index (χ4n) is 2.25. The first kappa shape index (κ1) is 17.3. The van der Waals surface area contributed by atoms with Crippen molar-refractivity contribution in [3.8, 4) is 5.75 Å². The quantitative estimate of drug-likeness (QED) is 0.723. The Morgan fingerprint density at radius 2 is 2.14 bits per heavy atom. The summed E-state index contributed by atoms with van der Waals surface area (Å²) in [4.78, 5) is 14.2. The highest BCUT2D eigenvalue weighted by Crippen LogP contribution is 2.26. The van der Waals surface area contributed by atoms with Gasteiger partial charge in [-0.1, -0.05) is 13.8 Å². The summed E-state index contributed by atoms with van der Waals surface area (Å²) in [6.45, 7) is 6.35. The number of benzene rings is 1. The van der Waals surface area contributed by atoms with E-state index in [1.807, 2.05) is 0 Å². The van der Waals surface area contributed by atoms with Crippen molar-refractivity contribution in [2.45, 2.75) is 26.7 Å². The molecule has 5 heteroatoms. The van der Waals surface area contributed by atoms with E-state index in [0.717, 1.165) is 19.5 Å². The van der Waals surface area contributed by atoms with Crippen LogP contribution in [0.5, 0.6) is 5.75 Å². The third-order valence-electron chi connectivity index (χ3n) is 3.12. The molecule has 0 spiro atoms. The van der Waals surface area contributed by atoms with Crippen LogP contribution in [-0.4, -0.2) is 38.1 Å². The Kier molecular flexibility index (Phi) is 7.02. The topological polar surface area (TPSA) is 67.6 Å². The molecule has 21 heavy (non-hydrogen) atoms. The molecule has 1 aromatic carbocycles. The van der Waals surface area contributed by atoms with Gasteiger partial charge in [-0.25, -0.2) is 0 Å². The van der Waals surface area contributed by atoms with Gasteiger partial charge in [0.15, 0.2) is 0 Å². The molecule has 0 saturated heterocycles. The zero-order chi connectivity index (χ0) is 15.8. The number of methoxy groups -OCH3 is 1. The Bertz CT molecular complexity index is 461. The Hall–Kier alpha value is -1.75. The molecule has 0 aliphatic heterocycles. The van der Waals surface area contributed by atoms with E-state index >= 15 is 0 Å². The van der Waals surface area contributed by atoms with Crippen molar-refractivity contribution in [2.24, 2.45) is 5.92 Å². The molecule has 0 aliphatic rings. The molecule has 3 N–H and O–H groups in total. The van der Waals surface area contributed by atoms with Gasteiger partial charge in [-0.2, -0.15) is 0 Å². The van der Waals surface area contributed by atoms with Crippen LogP contribution in [0.25, 0.3) is 0 Å². The van der Waals surface area contributed by atoms with Gasteiger partial charge in [0, 0.05) is 24.7 Å². The summed E-state index contributed by atoms with van der Waals surface area (Å²) < 4.78 is 5.21. The van der Waals surface area contributed by atoms with Crippen molar-refractivity contribution in [3.05, 3.63) is 18.2 Å². The number of nitrogen functional groups attached to an aromatic ring is 1. The molecule has 1 aromatic rings. The van der Waals surface area contributed by atoms with Gasteiger partial charge in [0.25, 0.3) is 0 Å². The van der Waals surface area contributed by atoms with Crippen LogP contribution in [0.3, 0.4) is 0 Å². The van der Waals surface area contributed by atoms with E-state index in [2.05, 4.69) is 31.1 Å². The van der Waals surface area contributed by atoms with Crippen molar-refractivity contribution < 1.29 is 9.53 Å². The lowest BCUT2D eigenvalue weighted by Crippen LogP contribution is -2.25. The van der Waals surface area contributed by atoms with Crippen LogP contribution in [-0.2, 0) is 4.79 Å². The number of nitrogens with two attached hydrogens (primary N) is 1. The standard InChI is InChI=1S/C16H27N3O2/c1-12(2)11-19(3)9-5-6-16(20)18-14-8-7-13(17)10-15(14)21-4/h7-8,10,12H,5-6,9,11,17H2,1-4H3,(H,18,20). The Morgan fingerprint density at radius 3 is 2.76 bits per heavy atom. The Balaban J connectivity index is 2.40. The predicted octanol–water partition coefficient (Wildman–Crippen LogP) is 2.58. The van der Waals surface area contributed by atoms with E-state index in [4.69, 9.17) is 10.5 Å². The number of hydrogen-bond donors (Lipinski definition) is 2. The fraction of sp³-hybridized carbons (Fsp3) is 0.562. The number of nitrogens with one attached hydrogen (secondary N) is 1. The normalized spacial score (nSPS) is 11.0. The maximum Gasteiger partial charge on any atom is 0.224 e. The number of nitrogens with zero attached hydrogens (tertiary/aromatic N) is 1. The summed E-state index contributed by atoms with van der Waals surface area (Å²) in [7, 11) is 3.65. The van der Waals surface area contributed by atoms with Crippen molar-refractivity contribution in [3.63, 3.8) is 0 Å². The number of carbonyl (C=O) groups is 1. The van der Waals surface area contributed by atoms with Gasteiger partial charge < -0.3 is 20.7 Å². The summed E-state index contributed by atoms with van der Waals surface area (Å²) in [5.74, 6) is 1.22. The van der Waals surface area contributed by atoms with E-state index in [9.17, 15) is 4.79 Å². The van der Waals surface area contributed by atoms with E-state index in [-0.39, 0.29) is 5.91 Å². The molecular formula is C16H27N3O2. The molecular weight excluding hydrogens is 266 g/mol. The van der Waals surface area contributed by atoms with Crippen molar-refractivity contribution in [1.29, 1.82) is 0 Å². The SMILES string of the molecule is COc1cc(N)ccc1NC(=O)CCCN(C)CC(C)C. The Labute approximate surface area is 127 Å². The highest BCUT2D eigenvalue weighted by Gasteiger charge is 2.09. The molecule has 0 saturated carbocycles. The molecule has 1 amide bonds. The highest BCUT2D eigenvalue weighted by atomic mass is 16.5. The smallest absolute Gasteiger partial charge is 0.224 e. The molecule has 5 nitrogen and oxygen atoms in total. The minimum atomic E-state index is -0.00369. The molecule has 1 rings (SSSR count). The summed E-state index contributed by atoms with van der Waals surface area (Å²) >= 11 is 0. The number of carbonyl (C=O) groups excluding carboxylic acids is 1. The van der Waals surface area contributed by atoms with E-state index < -0.39 is 0 Å². The van der Waals surface area contributed by atoms with Crippen LogP contribution >= 0.6 is 0 Å². The maximum atomic E-state index is 12.0. The van der Waals surface area contributed by atoms with Crippen LogP contribution in [0.15, 0.2) is 18.2 Å². The molecule has 0 bridgehead atoms. The van der Waals surface area contributed by atoms with Gasteiger partial charge in [-0.05, 0) is 38.1 Å². The van der Waals surface area contributed by atoms with Crippen LogP contribution in [0.2, 0.25) is 0 Å². The minimum absolute atomic E-state index is 0.00369. The summed E-state index contributed by atoms with van der Waals surface area (Å²) in [5, 5.41) is 2.87. The van der Waals surface area contributed by atoms with E-state index in [0.29, 0.717) is 29.5 Å². The first-order valence-electron chi connectivity index (χ1n) is 7.34. The van der Waals surface area contributed by atoms with Gasteiger partial charge in [-0.3, -0.25) is 4.79 Å². The third-order valence-corrected chi connectivity index (χ3v) is 3.12. The lowest BCUT2D eigenvalue weighted by molar-refractivity contribution is -0.116. The summed E-state index contributed by atoms with van der Waals surface area (Å²) in [6, 6.07) is 5.21. The zero-order valence-electron chi connectivity index (χ0n) is 13.5. The molecule has 0 atom stereocenters. The first-order chi connectivity index (χ1) is 9.92. The van der Waals surface area contributed by atoms with E-state index in [1.165, 1.54) is 0 Å². The number of anilines is 2. The van der Waals surface area contributed by atoms with E-state index in [1.54, 1.807) is 25.3 Å². The van der Waals surface area contributed by atoms with Gasteiger partial charge >= 0.3 is 0 Å². The van der Waals surface area contributed by atoms with Crippen LogP contribution in [0, 0.1) is 5.92 Å². The largest absolute Gasteiger partial charge is 0.494 e. The highest BCUT2D eigenvalue weighted by molar-refractivity contribution is 5.92. The summed E-state index contributed by atoms with van der Waals surface area (Å²) in [6.07, 6.45) is 1.34. The lowest BCUT2D eigenvalue weighted by atomic mass is 10.2. The molecule has 118 valence electrons. The van der Waals surface area contributed by atoms with Gasteiger partial charge in [0.2, 0.25) is 5.91 Å². The molecule has 0 heterocycles. The average molecular weight is 293 g/mol. The van der Waals surface area contributed by atoms with Crippen molar-refractivity contribution in [2.75, 3.05) is 38.3 Å². The maximum absolute atomic E-state index is 12.0. The molecule has 0 fully saturated rings. The molecule has 0 unspecified atom stereocenters. The minimum Gasteiger partial charge on any atom is -0.494 e. The molecule has 0 aliphatic carbocycles. The first-order valence-corrected chi connectivity index (χ1v) is 7.34. The van der Waals surface area contributed by atoms with Crippen LogP contribution in [0.1, 0.15) is 26.7 Å². The fourth-order valence-corrected chi connectivity index (χ4v) is 2.25. The third kappa shape index (κ3) is 6.49. The number of rotatable bonds is 8. The van der Waals surface area contributed by atoms with Gasteiger partial charge in [0.1, 0.15) is 5.75 Å². The Morgan fingerprint density at radius 1 is 1.43 bits per heavy atom. The second-order valence-corrected chi connectivity index (χ2v) is 5.77. The van der Waals surface area contributed by atoms with Crippen molar-refractivity contribution >= 4 is 17.3 Å².